The molecule has 1 heterocycles. The van der Waals surface area contributed by atoms with Gasteiger partial charge in [-0.2, -0.15) is 8.42 Å². The summed E-state index contributed by atoms with van der Waals surface area (Å²) in [5.41, 5.74) is 0. The first-order chi connectivity index (χ1) is 6.05. The van der Waals surface area contributed by atoms with Crippen LogP contribution >= 0.6 is 15.9 Å². The van der Waals surface area contributed by atoms with Gasteiger partial charge in [-0.15, -0.1) is 0 Å². The fourth-order valence-electron chi connectivity index (χ4n) is 0.639. The number of aromatic nitrogens is 1. The van der Waals surface area contributed by atoms with Crippen molar-refractivity contribution < 1.29 is 8.42 Å². The molecule has 0 aliphatic rings. The van der Waals surface area contributed by atoms with E-state index in [9.17, 15) is 8.42 Å². The number of nitrogens with one attached hydrogen (secondary N) is 2. The summed E-state index contributed by atoms with van der Waals surface area (Å²) >= 11 is 3.16. The second kappa shape index (κ2) is 4.03. The zero-order valence-electron chi connectivity index (χ0n) is 6.78. The highest BCUT2D eigenvalue weighted by Crippen LogP contribution is 2.18. The van der Waals surface area contributed by atoms with Crippen molar-refractivity contribution in [3.8, 4) is 0 Å². The summed E-state index contributed by atoms with van der Waals surface area (Å²) in [6.07, 6.45) is 1.50. The Morgan fingerprint density at radius 2 is 2.23 bits per heavy atom. The standard InChI is InChI=1S/C6H8BrN3O2S/c1-8-13(11,12)10-6-5(7)3-2-4-9-6/h2-4,8H,1H3,(H,9,10). The maximum Gasteiger partial charge on any atom is 0.300 e. The average Bonchev–Trinajstić information content (AvgIpc) is 2.09. The fourth-order valence-corrected chi connectivity index (χ4v) is 1.64. The maximum absolute atomic E-state index is 11.0. The number of hydrogen-bond donors (Lipinski definition) is 2. The van der Waals surface area contributed by atoms with Gasteiger partial charge in [0.25, 0.3) is 10.2 Å². The second-order valence-corrected chi connectivity index (χ2v) is 4.62. The highest BCUT2D eigenvalue weighted by Gasteiger charge is 2.08. The predicted molar refractivity (Wildman–Crippen MR) is 53.5 cm³/mol. The van der Waals surface area contributed by atoms with Crippen LogP contribution in [-0.4, -0.2) is 20.4 Å². The first-order valence-electron chi connectivity index (χ1n) is 3.37. The van der Waals surface area contributed by atoms with Crippen molar-refractivity contribution in [2.45, 2.75) is 0 Å². The zero-order chi connectivity index (χ0) is 9.90. The lowest BCUT2D eigenvalue weighted by Crippen LogP contribution is -2.26. The quantitative estimate of drug-likeness (QED) is 0.846. The molecular weight excluding hydrogens is 258 g/mol. The number of anilines is 1. The molecule has 0 radical (unpaired) electrons. The van der Waals surface area contributed by atoms with E-state index in [4.69, 9.17) is 0 Å². The van der Waals surface area contributed by atoms with Gasteiger partial charge in [0, 0.05) is 13.2 Å². The van der Waals surface area contributed by atoms with Crippen LogP contribution in [0, 0.1) is 0 Å². The second-order valence-electron chi connectivity index (χ2n) is 2.14. The highest BCUT2D eigenvalue weighted by atomic mass is 79.9. The van der Waals surface area contributed by atoms with E-state index < -0.39 is 10.2 Å². The highest BCUT2D eigenvalue weighted by molar-refractivity contribution is 9.10. The third-order valence-electron chi connectivity index (χ3n) is 1.26. The molecule has 0 unspecified atom stereocenters. The molecular formula is C6H8BrN3O2S. The van der Waals surface area contributed by atoms with Crippen molar-refractivity contribution in [1.29, 1.82) is 0 Å². The van der Waals surface area contributed by atoms with Gasteiger partial charge in [-0.3, -0.25) is 4.72 Å². The lowest BCUT2D eigenvalue weighted by molar-refractivity contribution is 0.593. The molecule has 7 heteroatoms. The third kappa shape index (κ3) is 2.94. The molecule has 0 amide bonds. The zero-order valence-corrected chi connectivity index (χ0v) is 9.18. The van der Waals surface area contributed by atoms with Crippen LogP contribution in [0.1, 0.15) is 0 Å². The van der Waals surface area contributed by atoms with Gasteiger partial charge in [0.15, 0.2) is 5.82 Å². The van der Waals surface area contributed by atoms with Gasteiger partial charge in [-0.1, -0.05) is 0 Å². The first kappa shape index (κ1) is 10.4. The van der Waals surface area contributed by atoms with E-state index in [-0.39, 0.29) is 5.82 Å². The lowest BCUT2D eigenvalue weighted by Gasteiger charge is -2.06. The normalized spacial score (nSPS) is 11.2. The molecule has 72 valence electrons. The number of rotatable bonds is 3. The smallest absolute Gasteiger partial charge is 0.254 e. The number of halogens is 1. The van der Waals surface area contributed by atoms with Gasteiger partial charge in [0.2, 0.25) is 0 Å². The summed E-state index contributed by atoms with van der Waals surface area (Å²) in [5, 5.41) is 0. The van der Waals surface area contributed by atoms with Crippen molar-refractivity contribution in [2.75, 3.05) is 11.8 Å². The van der Waals surface area contributed by atoms with Gasteiger partial charge in [-0.05, 0) is 28.1 Å². The largest absolute Gasteiger partial charge is 0.300 e. The number of hydrogen-bond acceptors (Lipinski definition) is 3. The van der Waals surface area contributed by atoms with Crippen LogP contribution in [0.2, 0.25) is 0 Å². The van der Waals surface area contributed by atoms with Crippen LogP contribution < -0.4 is 9.44 Å². The Kier molecular flexibility index (Phi) is 3.23. The molecule has 1 aromatic heterocycles. The van der Waals surface area contributed by atoms with Gasteiger partial charge in [0.05, 0.1) is 4.47 Å². The summed E-state index contributed by atoms with van der Waals surface area (Å²) in [7, 11) is -2.17. The van der Waals surface area contributed by atoms with Crippen LogP contribution in [-0.2, 0) is 10.2 Å². The summed E-state index contributed by atoms with van der Waals surface area (Å²) in [5.74, 6) is 0.261. The Bertz CT molecular complexity index is 393. The van der Waals surface area contributed by atoms with Crippen LogP contribution in [0.4, 0.5) is 5.82 Å². The van der Waals surface area contributed by atoms with Crippen molar-refractivity contribution in [3.05, 3.63) is 22.8 Å². The average molecular weight is 266 g/mol. The van der Waals surface area contributed by atoms with E-state index in [0.29, 0.717) is 4.47 Å². The maximum atomic E-state index is 11.0. The third-order valence-corrected chi connectivity index (χ3v) is 2.90. The topological polar surface area (TPSA) is 71.1 Å². The summed E-state index contributed by atoms with van der Waals surface area (Å²) in [6, 6.07) is 3.39. The Morgan fingerprint density at radius 3 is 2.77 bits per heavy atom. The number of nitrogens with zero attached hydrogens (tertiary/aromatic N) is 1. The van der Waals surface area contributed by atoms with E-state index in [1.165, 1.54) is 13.2 Å². The summed E-state index contributed by atoms with van der Waals surface area (Å²) in [6.45, 7) is 0. The van der Waals surface area contributed by atoms with E-state index in [1.807, 2.05) is 0 Å². The van der Waals surface area contributed by atoms with Gasteiger partial charge in [-0.25, -0.2) is 9.71 Å². The Labute approximate surface area is 84.9 Å². The van der Waals surface area contributed by atoms with E-state index >= 15 is 0 Å². The van der Waals surface area contributed by atoms with Crippen molar-refractivity contribution in [3.63, 3.8) is 0 Å². The first-order valence-corrected chi connectivity index (χ1v) is 5.64. The van der Waals surface area contributed by atoms with Crippen LogP contribution in [0.25, 0.3) is 0 Å². The Morgan fingerprint density at radius 1 is 1.54 bits per heavy atom. The minimum atomic E-state index is -3.49. The van der Waals surface area contributed by atoms with Crippen LogP contribution in [0.5, 0.6) is 0 Å². The minimum absolute atomic E-state index is 0.261. The predicted octanol–water partition coefficient (Wildman–Crippen LogP) is 0.720. The van der Waals surface area contributed by atoms with Gasteiger partial charge < -0.3 is 0 Å². The minimum Gasteiger partial charge on any atom is -0.254 e. The molecule has 0 aromatic carbocycles. The molecule has 0 aliphatic heterocycles. The molecule has 5 nitrogen and oxygen atoms in total. The lowest BCUT2D eigenvalue weighted by atomic mass is 10.5. The van der Waals surface area contributed by atoms with Crippen molar-refractivity contribution in [1.82, 2.24) is 9.71 Å². The molecule has 0 spiro atoms. The van der Waals surface area contributed by atoms with E-state index in [0.717, 1.165) is 0 Å². The molecule has 0 atom stereocenters. The van der Waals surface area contributed by atoms with Gasteiger partial charge >= 0.3 is 0 Å². The molecule has 0 fully saturated rings. The molecule has 0 saturated carbocycles. The molecule has 0 bridgehead atoms. The van der Waals surface area contributed by atoms with Gasteiger partial charge in [0.1, 0.15) is 0 Å². The number of pyridine rings is 1. The molecule has 0 aliphatic carbocycles. The molecule has 1 aromatic rings. The summed E-state index contributed by atoms with van der Waals surface area (Å²) in [4.78, 5) is 3.83. The Balaban J connectivity index is 2.93. The molecule has 2 N–H and O–H groups in total. The molecule has 13 heavy (non-hydrogen) atoms. The van der Waals surface area contributed by atoms with Crippen LogP contribution in [0.3, 0.4) is 0 Å². The van der Waals surface area contributed by atoms with Crippen LogP contribution in [0.15, 0.2) is 22.8 Å². The fraction of sp³-hybridized carbons (Fsp3) is 0.167. The van der Waals surface area contributed by atoms with Crippen molar-refractivity contribution in [2.24, 2.45) is 0 Å². The van der Waals surface area contributed by atoms with E-state index in [1.54, 1.807) is 12.1 Å². The molecule has 1 rings (SSSR count). The Hall–Kier alpha value is -0.660. The SMILES string of the molecule is CNS(=O)(=O)Nc1ncccc1Br. The monoisotopic (exact) mass is 265 g/mol. The summed E-state index contributed by atoms with van der Waals surface area (Å²) < 4.78 is 27.0. The van der Waals surface area contributed by atoms with E-state index in [2.05, 4.69) is 30.4 Å². The van der Waals surface area contributed by atoms with Crippen molar-refractivity contribution >= 4 is 32.0 Å². The molecule has 0 saturated heterocycles.